The van der Waals surface area contributed by atoms with Crippen LogP contribution in [0.3, 0.4) is 0 Å². The summed E-state index contributed by atoms with van der Waals surface area (Å²) in [5, 5.41) is 0. The van der Waals surface area contributed by atoms with E-state index in [1.165, 1.54) is 18.7 Å². The first-order valence-electron chi connectivity index (χ1n) is 7.97. The molecule has 2 saturated carbocycles. The van der Waals surface area contributed by atoms with E-state index in [1.54, 1.807) is 0 Å². The Hall–Kier alpha value is -1.32. The van der Waals surface area contributed by atoms with E-state index in [0.29, 0.717) is 17.7 Å². The highest BCUT2D eigenvalue weighted by atomic mass is 16.2. The van der Waals surface area contributed by atoms with Gasteiger partial charge >= 0.3 is 0 Å². The van der Waals surface area contributed by atoms with Gasteiger partial charge in [0.15, 0.2) is 0 Å². The topological polar surface area (TPSA) is 38.1 Å². The van der Waals surface area contributed by atoms with Crippen LogP contribution in [-0.2, 0) is 17.8 Å². The molecule has 0 unspecified atom stereocenters. The van der Waals surface area contributed by atoms with Gasteiger partial charge in [-0.05, 0) is 43.4 Å². The van der Waals surface area contributed by atoms with E-state index >= 15 is 0 Å². The zero-order valence-corrected chi connectivity index (χ0v) is 12.2. The summed E-state index contributed by atoms with van der Waals surface area (Å²) in [5.74, 6) is 4.14. The van der Waals surface area contributed by atoms with Crippen LogP contribution in [-0.4, -0.2) is 34.0 Å². The van der Waals surface area contributed by atoms with Gasteiger partial charge in [0, 0.05) is 44.9 Å². The van der Waals surface area contributed by atoms with Gasteiger partial charge in [-0.25, -0.2) is 4.98 Å². The Kier molecular flexibility index (Phi) is 2.86. The molecule has 4 nitrogen and oxygen atoms in total. The van der Waals surface area contributed by atoms with Gasteiger partial charge in [-0.1, -0.05) is 0 Å². The first kappa shape index (κ1) is 12.4. The quantitative estimate of drug-likeness (QED) is 0.841. The SMILES string of the molecule is CN(C[C@@H]1CCn2ccnc2C1)C(=O)[C@H]1C[C@@H]1C1CC1. The Morgan fingerprint density at radius 1 is 1.45 bits per heavy atom. The van der Waals surface area contributed by atoms with Crippen molar-refractivity contribution in [2.75, 3.05) is 13.6 Å². The minimum absolute atomic E-state index is 0.359. The monoisotopic (exact) mass is 273 g/mol. The Bertz CT molecular complexity index is 520. The summed E-state index contributed by atoms with van der Waals surface area (Å²) in [4.78, 5) is 18.8. The van der Waals surface area contributed by atoms with E-state index in [0.717, 1.165) is 44.2 Å². The number of aromatic nitrogens is 2. The number of fused-ring (bicyclic) bond motifs is 1. The zero-order valence-electron chi connectivity index (χ0n) is 12.2. The number of aryl methyl sites for hydroxylation is 1. The van der Waals surface area contributed by atoms with Crippen LogP contribution < -0.4 is 0 Å². The summed E-state index contributed by atoms with van der Waals surface area (Å²) < 4.78 is 2.24. The fraction of sp³-hybridized carbons (Fsp3) is 0.750. The molecule has 0 saturated heterocycles. The molecule has 0 N–H and O–H groups in total. The lowest BCUT2D eigenvalue weighted by molar-refractivity contribution is -0.132. The molecule has 0 radical (unpaired) electrons. The second kappa shape index (κ2) is 4.61. The predicted octanol–water partition coefficient (Wildman–Crippen LogP) is 1.95. The molecular formula is C16H23N3O. The fourth-order valence-corrected chi connectivity index (χ4v) is 3.88. The lowest BCUT2D eigenvalue weighted by atomic mass is 9.97. The summed E-state index contributed by atoms with van der Waals surface area (Å²) in [6, 6.07) is 0. The van der Waals surface area contributed by atoms with Crippen LogP contribution in [0.25, 0.3) is 0 Å². The molecule has 2 heterocycles. The minimum atomic E-state index is 0.359. The van der Waals surface area contributed by atoms with Crippen molar-refractivity contribution in [3.63, 3.8) is 0 Å². The molecule has 108 valence electrons. The van der Waals surface area contributed by atoms with Crippen LogP contribution in [0.15, 0.2) is 12.4 Å². The third-order valence-electron chi connectivity index (χ3n) is 5.34. The summed E-state index contributed by atoms with van der Waals surface area (Å²) in [7, 11) is 1.99. The molecule has 0 spiro atoms. The van der Waals surface area contributed by atoms with Crippen LogP contribution in [0.1, 0.15) is 31.5 Å². The maximum absolute atomic E-state index is 12.4. The third kappa shape index (κ3) is 2.25. The molecule has 1 amide bonds. The first-order chi connectivity index (χ1) is 9.72. The van der Waals surface area contributed by atoms with E-state index in [4.69, 9.17) is 0 Å². The van der Waals surface area contributed by atoms with Crippen molar-refractivity contribution in [1.82, 2.24) is 14.5 Å². The highest BCUT2D eigenvalue weighted by Crippen LogP contribution is 2.54. The van der Waals surface area contributed by atoms with Crippen molar-refractivity contribution in [3.05, 3.63) is 18.2 Å². The Morgan fingerprint density at radius 3 is 3.10 bits per heavy atom. The largest absolute Gasteiger partial charge is 0.345 e. The van der Waals surface area contributed by atoms with Crippen molar-refractivity contribution < 1.29 is 4.79 Å². The van der Waals surface area contributed by atoms with Gasteiger partial charge in [-0.2, -0.15) is 0 Å². The van der Waals surface area contributed by atoms with Crippen LogP contribution in [0.5, 0.6) is 0 Å². The minimum Gasteiger partial charge on any atom is -0.345 e. The number of rotatable bonds is 4. The van der Waals surface area contributed by atoms with Crippen molar-refractivity contribution in [2.45, 2.75) is 38.6 Å². The fourth-order valence-electron chi connectivity index (χ4n) is 3.88. The maximum atomic E-state index is 12.4. The normalized spacial score (nSPS) is 31.8. The highest BCUT2D eigenvalue weighted by molar-refractivity contribution is 5.81. The Balaban J connectivity index is 1.32. The number of hydrogen-bond acceptors (Lipinski definition) is 2. The van der Waals surface area contributed by atoms with E-state index in [9.17, 15) is 4.79 Å². The number of carbonyl (C=O) groups excluding carboxylic acids is 1. The Morgan fingerprint density at radius 2 is 2.30 bits per heavy atom. The lowest BCUT2D eigenvalue weighted by Crippen LogP contribution is -2.36. The number of imidazole rings is 1. The van der Waals surface area contributed by atoms with E-state index in [2.05, 4.69) is 15.7 Å². The summed E-state index contributed by atoms with van der Waals surface area (Å²) in [6.07, 6.45) is 10.0. The molecule has 3 aliphatic rings. The zero-order chi connectivity index (χ0) is 13.7. The smallest absolute Gasteiger partial charge is 0.225 e. The van der Waals surface area contributed by atoms with Gasteiger partial charge in [-0.15, -0.1) is 0 Å². The van der Waals surface area contributed by atoms with Crippen molar-refractivity contribution >= 4 is 5.91 Å². The molecule has 1 aromatic heterocycles. The molecule has 1 aromatic rings. The summed E-state index contributed by atoms with van der Waals surface area (Å²) in [6.45, 7) is 1.95. The van der Waals surface area contributed by atoms with E-state index in [-0.39, 0.29) is 0 Å². The van der Waals surface area contributed by atoms with Crippen molar-refractivity contribution in [2.24, 2.45) is 23.7 Å². The molecule has 3 atom stereocenters. The standard InChI is InChI=1S/C16H23N3O/c1-18(16(20)14-9-13(14)12-2-3-12)10-11-4-6-19-7-5-17-15(19)8-11/h5,7,11-14H,2-4,6,8-10H2,1H3/t11-,13-,14+/m1/s1. The van der Waals surface area contributed by atoms with Gasteiger partial charge in [0.25, 0.3) is 0 Å². The second-order valence-corrected chi connectivity index (χ2v) is 6.96. The third-order valence-corrected chi connectivity index (χ3v) is 5.34. The number of nitrogens with zero attached hydrogens (tertiary/aromatic N) is 3. The first-order valence-corrected chi connectivity index (χ1v) is 7.97. The average molecular weight is 273 g/mol. The number of carbonyl (C=O) groups is 1. The second-order valence-electron chi connectivity index (χ2n) is 6.96. The van der Waals surface area contributed by atoms with E-state index in [1.807, 2.05) is 18.1 Å². The number of hydrogen-bond donors (Lipinski definition) is 0. The van der Waals surface area contributed by atoms with Gasteiger partial charge in [0.1, 0.15) is 5.82 Å². The van der Waals surface area contributed by atoms with Gasteiger partial charge in [-0.3, -0.25) is 4.79 Å². The van der Waals surface area contributed by atoms with Gasteiger partial charge < -0.3 is 9.47 Å². The molecule has 2 fully saturated rings. The molecule has 20 heavy (non-hydrogen) atoms. The summed E-state index contributed by atoms with van der Waals surface area (Å²) >= 11 is 0. The van der Waals surface area contributed by atoms with Crippen molar-refractivity contribution in [3.8, 4) is 0 Å². The summed E-state index contributed by atoms with van der Waals surface area (Å²) in [5.41, 5.74) is 0. The van der Waals surface area contributed by atoms with Crippen LogP contribution in [0.4, 0.5) is 0 Å². The molecule has 2 aliphatic carbocycles. The van der Waals surface area contributed by atoms with Gasteiger partial charge in [0.05, 0.1) is 0 Å². The van der Waals surface area contributed by atoms with Crippen molar-refractivity contribution in [1.29, 1.82) is 0 Å². The lowest BCUT2D eigenvalue weighted by Gasteiger charge is -2.28. The van der Waals surface area contributed by atoms with Gasteiger partial charge in [0.2, 0.25) is 5.91 Å². The molecule has 4 heteroatoms. The van der Waals surface area contributed by atoms with Crippen LogP contribution >= 0.6 is 0 Å². The Labute approximate surface area is 120 Å². The number of amides is 1. The molecule has 0 aromatic carbocycles. The molecule has 4 rings (SSSR count). The molecule has 0 bridgehead atoms. The average Bonchev–Trinajstić information content (AvgIpc) is 3.33. The molecular weight excluding hydrogens is 250 g/mol. The van der Waals surface area contributed by atoms with Crippen LogP contribution in [0.2, 0.25) is 0 Å². The highest BCUT2D eigenvalue weighted by Gasteiger charge is 2.51. The predicted molar refractivity (Wildman–Crippen MR) is 76.0 cm³/mol. The molecule has 1 aliphatic heterocycles. The van der Waals surface area contributed by atoms with Crippen LogP contribution in [0, 0.1) is 23.7 Å². The van der Waals surface area contributed by atoms with E-state index < -0.39 is 0 Å². The maximum Gasteiger partial charge on any atom is 0.225 e.